The molecule has 130 valence electrons. The standard InChI is InChI=1S/C18H27N5O/c1-14-17(15(2)23(4)22-14)10-11-20-18(19-3)21-12-13-24-16-8-6-5-7-9-16/h5-9H,10-13H2,1-4H3,(H2,19,20,21). The van der Waals surface area contributed by atoms with E-state index in [0.29, 0.717) is 13.2 Å². The van der Waals surface area contributed by atoms with Gasteiger partial charge in [0.25, 0.3) is 0 Å². The summed E-state index contributed by atoms with van der Waals surface area (Å²) in [7, 11) is 3.75. The van der Waals surface area contributed by atoms with Gasteiger partial charge in [0.1, 0.15) is 12.4 Å². The zero-order valence-electron chi connectivity index (χ0n) is 15.0. The molecule has 1 heterocycles. The molecule has 6 nitrogen and oxygen atoms in total. The van der Waals surface area contributed by atoms with Crippen molar-refractivity contribution in [3.8, 4) is 5.75 Å². The molecule has 0 radical (unpaired) electrons. The lowest BCUT2D eigenvalue weighted by Gasteiger charge is -2.12. The Bertz CT molecular complexity index is 664. The molecule has 0 saturated carbocycles. The maximum absolute atomic E-state index is 5.65. The number of aliphatic imine (C=N–C) groups is 1. The van der Waals surface area contributed by atoms with Crippen LogP contribution < -0.4 is 15.4 Å². The summed E-state index contributed by atoms with van der Waals surface area (Å²) >= 11 is 0. The average Bonchev–Trinajstić information content (AvgIpc) is 2.83. The molecule has 0 aliphatic rings. The van der Waals surface area contributed by atoms with Gasteiger partial charge in [-0.15, -0.1) is 0 Å². The molecule has 24 heavy (non-hydrogen) atoms. The van der Waals surface area contributed by atoms with E-state index in [0.717, 1.165) is 30.4 Å². The maximum atomic E-state index is 5.65. The minimum Gasteiger partial charge on any atom is -0.492 e. The number of rotatable bonds is 7. The molecule has 2 aromatic rings. The third kappa shape index (κ3) is 5.01. The van der Waals surface area contributed by atoms with Gasteiger partial charge < -0.3 is 15.4 Å². The van der Waals surface area contributed by atoms with Gasteiger partial charge in [-0.1, -0.05) is 18.2 Å². The Balaban J connectivity index is 1.69. The molecule has 0 spiro atoms. The summed E-state index contributed by atoms with van der Waals surface area (Å²) in [6.45, 7) is 6.25. The highest BCUT2D eigenvalue weighted by Gasteiger charge is 2.08. The Morgan fingerprint density at radius 3 is 2.50 bits per heavy atom. The number of benzene rings is 1. The second kappa shape index (κ2) is 8.96. The first kappa shape index (κ1) is 17.8. The minimum absolute atomic E-state index is 0.589. The molecule has 0 fully saturated rings. The summed E-state index contributed by atoms with van der Waals surface area (Å²) in [5.41, 5.74) is 3.61. The van der Waals surface area contributed by atoms with Crippen molar-refractivity contribution in [2.75, 3.05) is 26.7 Å². The van der Waals surface area contributed by atoms with E-state index in [9.17, 15) is 0 Å². The van der Waals surface area contributed by atoms with Crippen molar-refractivity contribution in [2.45, 2.75) is 20.3 Å². The van der Waals surface area contributed by atoms with Crippen molar-refractivity contribution in [1.29, 1.82) is 0 Å². The molecule has 0 unspecified atom stereocenters. The molecule has 2 rings (SSSR count). The largest absolute Gasteiger partial charge is 0.492 e. The van der Waals surface area contributed by atoms with Crippen molar-refractivity contribution in [3.63, 3.8) is 0 Å². The number of aromatic nitrogens is 2. The van der Waals surface area contributed by atoms with Crippen LogP contribution in [-0.4, -0.2) is 42.5 Å². The molecular weight excluding hydrogens is 302 g/mol. The topological polar surface area (TPSA) is 63.5 Å². The second-order valence-electron chi connectivity index (χ2n) is 5.61. The third-order valence-electron chi connectivity index (χ3n) is 3.96. The molecule has 0 saturated heterocycles. The Morgan fingerprint density at radius 2 is 1.88 bits per heavy atom. The molecule has 6 heteroatoms. The summed E-state index contributed by atoms with van der Waals surface area (Å²) < 4.78 is 7.58. The van der Waals surface area contributed by atoms with Gasteiger partial charge in [-0.25, -0.2) is 0 Å². The Morgan fingerprint density at radius 1 is 1.17 bits per heavy atom. The van der Waals surface area contributed by atoms with Gasteiger partial charge >= 0.3 is 0 Å². The van der Waals surface area contributed by atoms with Crippen LogP contribution in [0.25, 0.3) is 0 Å². The average molecular weight is 329 g/mol. The third-order valence-corrected chi connectivity index (χ3v) is 3.96. The van der Waals surface area contributed by atoms with Crippen LogP contribution >= 0.6 is 0 Å². The van der Waals surface area contributed by atoms with Gasteiger partial charge in [-0.05, 0) is 38.0 Å². The molecule has 1 aromatic carbocycles. The number of para-hydroxylation sites is 1. The lowest BCUT2D eigenvalue weighted by atomic mass is 10.1. The van der Waals surface area contributed by atoms with E-state index >= 15 is 0 Å². The van der Waals surface area contributed by atoms with Crippen molar-refractivity contribution >= 4 is 5.96 Å². The summed E-state index contributed by atoms with van der Waals surface area (Å²) in [4.78, 5) is 4.23. The van der Waals surface area contributed by atoms with Gasteiger partial charge in [-0.2, -0.15) is 5.10 Å². The van der Waals surface area contributed by atoms with E-state index in [-0.39, 0.29) is 0 Å². The van der Waals surface area contributed by atoms with Crippen LogP contribution in [0.1, 0.15) is 17.0 Å². The fraction of sp³-hybridized carbons (Fsp3) is 0.444. The molecular formula is C18H27N5O. The Hall–Kier alpha value is -2.50. The van der Waals surface area contributed by atoms with Gasteiger partial charge in [0.15, 0.2) is 5.96 Å². The number of ether oxygens (including phenoxy) is 1. The lowest BCUT2D eigenvalue weighted by molar-refractivity contribution is 0.322. The second-order valence-corrected chi connectivity index (χ2v) is 5.61. The van der Waals surface area contributed by atoms with Crippen LogP contribution in [0.5, 0.6) is 5.75 Å². The Labute approximate surface area is 143 Å². The zero-order valence-corrected chi connectivity index (χ0v) is 15.0. The molecule has 0 aliphatic carbocycles. The van der Waals surface area contributed by atoms with E-state index in [1.165, 1.54) is 11.3 Å². The van der Waals surface area contributed by atoms with Gasteiger partial charge in [0.05, 0.1) is 12.2 Å². The van der Waals surface area contributed by atoms with Crippen molar-refractivity contribution in [1.82, 2.24) is 20.4 Å². The highest BCUT2D eigenvalue weighted by atomic mass is 16.5. The summed E-state index contributed by atoms with van der Waals surface area (Å²) in [6.07, 6.45) is 0.923. The molecule has 0 amide bonds. The Kier molecular flexibility index (Phi) is 6.66. The minimum atomic E-state index is 0.589. The predicted octanol–water partition coefficient (Wildman–Crippen LogP) is 1.82. The van der Waals surface area contributed by atoms with Crippen LogP contribution in [0, 0.1) is 13.8 Å². The first-order chi connectivity index (χ1) is 11.6. The first-order valence-corrected chi connectivity index (χ1v) is 8.23. The van der Waals surface area contributed by atoms with Crippen LogP contribution in [0.4, 0.5) is 0 Å². The predicted molar refractivity (Wildman–Crippen MR) is 97.7 cm³/mol. The number of aryl methyl sites for hydroxylation is 2. The number of nitrogens with one attached hydrogen (secondary N) is 2. The van der Waals surface area contributed by atoms with E-state index in [1.54, 1.807) is 7.05 Å². The quantitative estimate of drug-likeness (QED) is 0.462. The van der Waals surface area contributed by atoms with Gasteiger partial charge in [0, 0.05) is 26.3 Å². The number of guanidine groups is 1. The fourth-order valence-electron chi connectivity index (χ4n) is 2.56. The van der Waals surface area contributed by atoms with Crippen molar-refractivity contribution < 1.29 is 4.74 Å². The highest BCUT2D eigenvalue weighted by molar-refractivity contribution is 5.79. The van der Waals surface area contributed by atoms with Crippen LogP contribution in [0.2, 0.25) is 0 Å². The molecule has 2 N–H and O–H groups in total. The van der Waals surface area contributed by atoms with E-state index in [4.69, 9.17) is 4.74 Å². The lowest BCUT2D eigenvalue weighted by Crippen LogP contribution is -2.40. The molecule has 0 bridgehead atoms. The monoisotopic (exact) mass is 329 g/mol. The summed E-state index contributed by atoms with van der Waals surface area (Å²) in [5.74, 6) is 1.66. The van der Waals surface area contributed by atoms with Crippen LogP contribution in [0.3, 0.4) is 0 Å². The summed E-state index contributed by atoms with van der Waals surface area (Å²) in [6, 6.07) is 9.80. The zero-order chi connectivity index (χ0) is 17.4. The number of hydrogen-bond donors (Lipinski definition) is 2. The number of nitrogens with zero attached hydrogens (tertiary/aromatic N) is 3. The molecule has 0 aliphatic heterocycles. The molecule has 0 atom stereocenters. The highest BCUT2D eigenvalue weighted by Crippen LogP contribution is 2.11. The molecule has 1 aromatic heterocycles. The maximum Gasteiger partial charge on any atom is 0.191 e. The van der Waals surface area contributed by atoms with E-state index in [2.05, 4.69) is 34.6 Å². The first-order valence-electron chi connectivity index (χ1n) is 8.23. The van der Waals surface area contributed by atoms with Crippen molar-refractivity contribution in [3.05, 3.63) is 47.3 Å². The summed E-state index contributed by atoms with van der Waals surface area (Å²) in [5, 5.41) is 11.0. The van der Waals surface area contributed by atoms with Crippen LogP contribution in [-0.2, 0) is 13.5 Å². The fourth-order valence-corrected chi connectivity index (χ4v) is 2.56. The van der Waals surface area contributed by atoms with E-state index in [1.807, 2.05) is 42.1 Å². The van der Waals surface area contributed by atoms with Gasteiger partial charge in [0.2, 0.25) is 0 Å². The van der Waals surface area contributed by atoms with Gasteiger partial charge in [-0.3, -0.25) is 9.67 Å². The number of hydrogen-bond acceptors (Lipinski definition) is 3. The smallest absolute Gasteiger partial charge is 0.191 e. The van der Waals surface area contributed by atoms with E-state index < -0.39 is 0 Å². The van der Waals surface area contributed by atoms with Crippen molar-refractivity contribution in [2.24, 2.45) is 12.0 Å². The normalized spacial score (nSPS) is 11.4. The SMILES string of the molecule is CN=C(NCCOc1ccccc1)NCCc1c(C)nn(C)c1C. The van der Waals surface area contributed by atoms with Crippen LogP contribution in [0.15, 0.2) is 35.3 Å².